The topological polar surface area (TPSA) is 462 Å². The minimum atomic E-state index is -5.21. The first-order chi connectivity index (χ1) is 43.3. The van der Waals surface area contributed by atoms with Gasteiger partial charge in [0.15, 0.2) is 11.5 Å². The van der Waals surface area contributed by atoms with E-state index in [4.69, 9.17) is 15.2 Å². The molecule has 3 aliphatic heterocycles. The largest absolute Gasteiger partial charge is 0.504 e. The molecule has 15 N–H and O–H groups in total. The van der Waals surface area contributed by atoms with Crippen LogP contribution < -0.4 is 41.2 Å². The summed E-state index contributed by atoms with van der Waals surface area (Å²) in [5.74, 6) is -9.78. The summed E-state index contributed by atoms with van der Waals surface area (Å²) in [6.45, 7) is 2.05. The number of hydrogen-bond donors (Lipinski definition) is 14. The number of aromatic nitrogens is 2. The van der Waals surface area contributed by atoms with Crippen molar-refractivity contribution in [3.63, 3.8) is 0 Å². The van der Waals surface area contributed by atoms with Crippen LogP contribution in [0, 0.1) is 5.92 Å². The number of methoxy groups -OCH3 is 1. The third kappa shape index (κ3) is 19.3. The third-order valence-corrected chi connectivity index (χ3v) is 17.2. The van der Waals surface area contributed by atoms with Gasteiger partial charge in [-0.1, -0.05) is 62.1 Å². The van der Waals surface area contributed by atoms with Gasteiger partial charge in [0.2, 0.25) is 35.4 Å². The number of nitrogens with zero attached hydrogens (tertiary/aromatic N) is 4. The van der Waals surface area contributed by atoms with Crippen LogP contribution in [0.3, 0.4) is 0 Å². The van der Waals surface area contributed by atoms with Crippen LogP contribution in [0.1, 0.15) is 87.6 Å². The number of phenolic OH excluding ortho intramolecular Hbond substituents is 1. The van der Waals surface area contributed by atoms with Crippen LogP contribution >= 0.6 is 11.3 Å². The molecule has 0 bridgehead atoms. The van der Waals surface area contributed by atoms with Crippen molar-refractivity contribution in [3.05, 3.63) is 77.9 Å². The summed E-state index contributed by atoms with van der Waals surface area (Å²) in [7, 11) is -3.51. The van der Waals surface area contributed by atoms with Gasteiger partial charge in [-0.05, 0) is 86.8 Å². The number of phenols is 1. The Hall–Kier alpha value is -7.50. The Morgan fingerprint density at radius 3 is 1.98 bits per heavy atom. The highest BCUT2D eigenvalue weighted by atomic mass is 32.3. The number of rotatable bonds is 23. The smallest absolute Gasteiger partial charge is 0.446 e. The number of aromatic hydroxyl groups is 1. The van der Waals surface area contributed by atoms with E-state index in [0.717, 1.165) is 91.4 Å². The molecule has 498 valence electrons. The molecule has 7 amide bonds. The molecule has 4 heterocycles. The van der Waals surface area contributed by atoms with E-state index >= 15 is 0 Å². The number of unbranched alkanes of at least 4 members (excludes halogenated alkanes) is 5. The first kappa shape index (κ1) is 70.9. The molecule has 1 aromatic heterocycles. The number of nitrogens with one attached hydrogen (secondary N) is 5. The molecule has 3 aromatic carbocycles. The zero-order valence-corrected chi connectivity index (χ0v) is 52.0. The van der Waals surface area contributed by atoms with E-state index in [1.807, 2.05) is 24.3 Å². The fourth-order valence-corrected chi connectivity index (χ4v) is 12.1. The summed E-state index contributed by atoms with van der Waals surface area (Å²) in [5, 5.41) is 100. The van der Waals surface area contributed by atoms with E-state index in [0.29, 0.717) is 22.2 Å². The number of fused-ring (bicyclic) bond motifs is 2. The van der Waals surface area contributed by atoms with E-state index in [1.165, 1.54) is 30.4 Å². The molecule has 0 spiro atoms. The second-order valence-corrected chi connectivity index (χ2v) is 24.9. The van der Waals surface area contributed by atoms with Crippen LogP contribution in [0.15, 0.2) is 66.7 Å². The number of carbonyl (C=O) groups excluding carboxylic acids is 7. The average molecular weight is 1310 g/mol. The molecule has 5 unspecified atom stereocenters. The van der Waals surface area contributed by atoms with Crippen molar-refractivity contribution in [1.82, 2.24) is 46.6 Å². The zero-order chi connectivity index (χ0) is 66.3. The van der Waals surface area contributed by atoms with Crippen molar-refractivity contribution in [2.24, 2.45) is 11.7 Å². The van der Waals surface area contributed by atoms with Gasteiger partial charge < -0.3 is 91.5 Å². The molecule has 0 saturated carbocycles. The Morgan fingerprint density at radius 2 is 1.35 bits per heavy atom. The van der Waals surface area contributed by atoms with Crippen molar-refractivity contribution in [2.75, 3.05) is 46.5 Å². The number of ether oxygens (including phenoxy) is 2. The number of aliphatic hydroxyl groups is 6. The Kier molecular flexibility index (Phi) is 25.5. The number of aliphatic hydroxyl groups excluding tert-OH is 6. The van der Waals surface area contributed by atoms with Gasteiger partial charge in [0, 0.05) is 75.2 Å². The molecule has 3 fully saturated rings. The summed E-state index contributed by atoms with van der Waals surface area (Å²) >= 11 is 1.29. The lowest BCUT2D eigenvalue weighted by molar-refractivity contribution is -0.147. The van der Waals surface area contributed by atoms with Crippen LogP contribution in [0.25, 0.3) is 21.1 Å². The van der Waals surface area contributed by atoms with Gasteiger partial charge in [0.05, 0.1) is 43.2 Å². The standard InChI is InChI=1S/C59H80N10O20S2/c1-31-29-69-49(50(31)76)55(81)61-28-37(71)26-40(62-51(77)34-11-13-35(14-12-34)56-66-67-57(90-56)36-15-17-39(18-16-36)88-23-9-7-5-4-6-8-22-87-3)52(78)63-46(32(2)70)58(82)68-30-38(72)27-41(68)53(79)64-47(54(80)65-48(59(69)83)43(74)20-21-60)44(75)24-33-10-19-42(73)45(25-33)89-91(84,85)86/h10-19,25,31-32,37-38,40-41,43-44,46-50,70-76H,4-9,20-24,26-30,60H2,1-3H3,(H,61,81)(H,62,77)(H,63,78)(H,64,79)(H,65,80)(H,84,85,86)/t31-,32+,37+,38+,40?,41?,43+,44+,46?,47-,48?,49?,50-/m0/s1. The molecular formula is C59H80N10O20S2. The van der Waals surface area contributed by atoms with Crippen molar-refractivity contribution in [3.8, 4) is 38.4 Å². The van der Waals surface area contributed by atoms with Gasteiger partial charge in [-0.15, -0.1) is 10.2 Å². The monoisotopic (exact) mass is 1310 g/mol. The Balaban J connectivity index is 1.14. The number of hydrogen-bond acceptors (Lipinski definition) is 23. The predicted molar refractivity (Wildman–Crippen MR) is 325 cm³/mol. The minimum Gasteiger partial charge on any atom is -0.504 e. The van der Waals surface area contributed by atoms with Gasteiger partial charge in [-0.3, -0.25) is 38.1 Å². The molecule has 3 aliphatic rings. The van der Waals surface area contributed by atoms with Crippen LogP contribution in [0.5, 0.6) is 17.2 Å². The second kappa shape index (κ2) is 32.7. The zero-order valence-electron chi connectivity index (χ0n) is 50.3. The van der Waals surface area contributed by atoms with Crippen LogP contribution in [-0.2, 0) is 50.3 Å². The first-order valence-electron chi connectivity index (χ1n) is 29.8. The minimum absolute atomic E-state index is 0.00604. The van der Waals surface area contributed by atoms with Crippen molar-refractivity contribution in [1.29, 1.82) is 0 Å². The van der Waals surface area contributed by atoms with Crippen LogP contribution in [-0.4, -0.2) is 229 Å². The van der Waals surface area contributed by atoms with E-state index in [1.54, 1.807) is 19.2 Å². The number of β-amino-alcohol motifs (C(OH)–C–C–N with tert-alkyl or cyclic N) is 1. The SMILES string of the molecule is COCCCCCCCCOc1ccc(-c2nnc(-c3ccc(C(=O)NC4C[C@@H](O)CNC(=O)C5[C@@H](O)[C@@H](C)CN5C(=O)C([C@H](O)CCN)NC(=O)[C@H]([C@H](O)Cc5ccc(O)c(OS(=O)(=O)O)c5)NC(=O)C5C[C@@H](O)CN5C(=O)C([C@@H](C)O)NC4=O)cc3)s2)cc1. The first-order valence-corrected chi connectivity index (χ1v) is 32.0. The normalized spacial score (nSPS) is 25.0. The Bertz CT molecular complexity index is 3270. The summed E-state index contributed by atoms with van der Waals surface area (Å²) in [4.78, 5) is 103. The number of amides is 7. The molecule has 13 atom stereocenters. The maximum atomic E-state index is 14.7. The van der Waals surface area contributed by atoms with Gasteiger partial charge in [0.25, 0.3) is 5.91 Å². The molecule has 30 nitrogen and oxygen atoms in total. The van der Waals surface area contributed by atoms with Gasteiger partial charge >= 0.3 is 10.4 Å². The van der Waals surface area contributed by atoms with Crippen LogP contribution in [0.2, 0.25) is 0 Å². The van der Waals surface area contributed by atoms with Gasteiger partial charge in [-0.25, -0.2) is 0 Å². The third-order valence-electron chi connectivity index (χ3n) is 15.8. The Labute approximate surface area is 528 Å². The number of benzene rings is 3. The summed E-state index contributed by atoms with van der Waals surface area (Å²) in [6, 6.07) is 4.99. The molecule has 91 heavy (non-hydrogen) atoms. The molecule has 7 rings (SSSR count). The molecular weight excluding hydrogens is 1230 g/mol. The van der Waals surface area contributed by atoms with E-state index in [9.17, 15) is 82.3 Å². The van der Waals surface area contributed by atoms with Crippen molar-refractivity contribution < 1.29 is 95.9 Å². The fraction of sp³-hybridized carbons (Fsp3) is 0.542. The number of nitrogens with two attached hydrogens (primary N) is 1. The summed E-state index contributed by atoms with van der Waals surface area (Å²) in [5.41, 5.74) is 7.05. The second-order valence-electron chi connectivity index (χ2n) is 22.9. The highest BCUT2D eigenvalue weighted by Gasteiger charge is 2.50. The maximum Gasteiger partial charge on any atom is 0.446 e. The summed E-state index contributed by atoms with van der Waals surface area (Å²) < 4.78 is 47.9. The maximum absolute atomic E-state index is 14.7. The fourth-order valence-electron chi connectivity index (χ4n) is 10.9. The molecule has 3 saturated heterocycles. The van der Waals surface area contributed by atoms with Gasteiger partial charge in [-0.2, -0.15) is 8.42 Å². The molecule has 0 aliphatic carbocycles. The van der Waals surface area contributed by atoms with E-state index in [2.05, 4.69) is 41.0 Å². The van der Waals surface area contributed by atoms with E-state index < -0.39 is 174 Å². The van der Waals surface area contributed by atoms with E-state index in [-0.39, 0.29) is 30.6 Å². The average Bonchev–Trinajstić information content (AvgIpc) is 1.86. The van der Waals surface area contributed by atoms with Crippen LogP contribution in [0.4, 0.5) is 0 Å². The summed E-state index contributed by atoms with van der Waals surface area (Å²) in [6.07, 6.45) is -6.30. The van der Waals surface area contributed by atoms with Gasteiger partial charge in [0.1, 0.15) is 52.0 Å². The Morgan fingerprint density at radius 1 is 0.747 bits per heavy atom. The highest BCUT2D eigenvalue weighted by molar-refractivity contribution is 7.81. The molecule has 32 heteroatoms. The lowest BCUT2D eigenvalue weighted by Gasteiger charge is -2.34. The lowest BCUT2D eigenvalue weighted by Crippen LogP contribution is -2.64. The number of carbonyl (C=O) groups is 7. The molecule has 4 aromatic rings. The highest BCUT2D eigenvalue weighted by Crippen LogP contribution is 2.33. The lowest BCUT2D eigenvalue weighted by atomic mass is 9.98. The predicted octanol–water partition coefficient (Wildman–Crippen LogP) is -1.58. The molecule has 0 radical (unpaired) electrons. The van der Waals surface area contributed by atoms with Crippen molar-refractivity contribution >= 4 is 63.1 Å². The quantitative estimate of drug-likeness (QED) is 0.0294. The van der Waals surface area contributed by atoms with Crippen molar-refractivity contribution in [2.45, 2.75) is 151 Å².